The molecule has 1 aliphatic heterocycles. The number of thiocarbonyl (C=S) groups is 1. The molecule has 0 bridgehead atoms. The van der Waals surface area contributed by atoms with E-state index in [0.29, 0.717) is 12.5 Å². The van der Waals surface area contributed by atoms with Gasteiger partial charge in [0.25, 0.3) is 11.8 Å². The lowest BCUT2D eigenvalue weighted by Crippen LogP contribution is -2.43. The van der Waals surface area contributed by atoms with Gasteiger partial charge in [0.1, 0.15) is 16.7 Å². The van der Waals surface area contributed by atoms with Gasteiger partial charge in [-0.1, -0.05) is 55.7 Å². The van der Waals surface area contributed by atoms with Gasteiger partial charge in [-0.2, -0.15) is 5.26 Å². The normalized spacial score (nSPS) is 19.5. The molecule has 4 rings (SSSR count). The Hall–Kier alpha value is -2.97. The fraction of sp³-hybridized carbons (Fsp3) is 0.480. The van der Waals surface area contributed by atoms with Crippen LogP contribution in [0.1, 0.15) is 65.1 Å². The van der Waals surface area contributed by atoms with E-state index in [0.717, 1.165) is 38.9 Å². The molecule has 2 N–H and O–H groups in total. The minimum atomic E-state index is -3.10. The van der Waals surface area contributed by atoms with Gasteiger partial charge in [-0.3, -0.25) is 9.59 Å². The number of carbonyl (C=O) groups excluding carboxylic acids is 2. The molecule has 190 valence electrons. The second-order valence-corrected chi connectivity index (χ2v) is 10.6. The third-order valence-corrected chi connectivity index (χ3v) is 7.64. The number of amides is 2. The highest BCUT2D eigenvalue weighted by Crippen LogP contribution is 2.31. The second kappa shape index (κ2) is 11.4. The van der Waals surface area contributed by atoms with Crippen LogP contribution >= 0.6 is 23.6 Å². The Morgan fingerprint density at radius 3 is 2.64 bits per heavy atom. The maximum atomic E-state index is 13.5. The van der Waals surface area contributed by atoms with Gasteiger partial charge in [0, 0.05) is 29.8 Å². The number of hydrogen-bond acceptors (Lipinski definition) is 6. The molecule has 1 aromatic carbocycles. The lowest BCUT2D eigenvalue weighted by atomic mass is 9.95. The molecule has 2 aliphatic rings. The number of nitrogens with one attached hydrogen (secondary N) is 2. The van der Waals surface area contributed by atoms with Gasteiger partial charge in [0.15, 0.2) is 0 Å². The Morgan fingerprint density at radius 1 is 1.22 bits per heavy atom. The molecule has 0 spiro atoms. The van der Waals surface area contributed by atoms with E-state index < -0.39 is 43.3 Å². The second-order valence-electron chi connectivity index (χ2n) is 9.22. The van der Waals surface area contributed by atoms with Gasteiger partial charge in [-0.05, 0) is 18.4 Å². The molecule has 2 fully saturated rings. The highest BCUT2D eigenvalue weighted by Gasteiger charge is 2.47. The molecule has 2 amide bonds. The van der Waals surface area contributed by atoms with Crippen molar-refractivity contribution < 1.29 is 18.4 Å². The predicted octanol–water partition coefficient (Wildman–Crippen LogP) is 3.82. The van der Waals surface area contributed by atoms with Crippen molar-refractivity contribution in [3.8, 4) is 6.07 Å². The van der Waals surface area contributed by atoms with Crippen LogP contribution in [-0.2, 0) is 11.2 Å². The largest absolute Gasteiger partial charge is 0.373 e. The topological polar surface area (TPSA) is 98.1 Å². The van der Waals surface area contributed by atoms with Crippen molar-refractivity contribution in [3.05, 3.63) is 51.5 Å². The number of likely N-dealkylation sites (tertiary alicyclic amines) is 1. The van der Waals surface area contributed by atoms with Gasteiger partial charge in [0.05, 0.1) is 24.2 Å². The van der Waals surface area contributed by atoms with E-state index in [1.165, 1.54) is 30.6 Å². The van der Waals surface area contributed by atoms with Crippen molar-refractivity contribution >= 4 is 40.4 Å². The van der Waals surface area contributed by atoms with Crippen molar-refractivity contribution in [1.29, 1.82) is 5.26 Å². The maximum absolute atomic E-state index is 13.5. The molecule has 0 unspecified atom stereocenters. The summed E-state index contributed by atoms with van der Waals surface area (Å²) in [6.45, 7) is -1.29. The van der Waals surface area contributed by atoms with Crippen LogP contribution in [0.2, 0.25) is 0 Å². The molecule has 11 heteroatoms. The minimum absolute atomic E-state index is 0.154. The Bertz CT molecular complexity index is 1160. The van der Waals surface area contributed by atoms with Gasteiger partial charge in [-0.25, -0.2) is 13.8 Å². The summed E-state index contributed by atoms with van der Waals surface area (Å²) >= 11 is 6.89. The Labute approximate surface area is 217 Å². The number of nitrogens with zero attached hydrogens (tertiary/aromatic N) is 3. The molecule has 1 atom stereocenters. The Kier molecular flexibility index (Phi) is 8.26. The van der Waals surface area contributed by atoms with E-state index in [9.17, 15) is 18.4 Å². The third-order valence-electron chi connectivity index (χ3n) is 6.44. The van der Waals surface area contributed by atoms with E-state index in [2.05, 4.69) is 15.6 Å². The Morgan fingerprint density at radius 2 is 1.94 bits per heavy atom. The van der Waals surface area contributed by atoms with Gasteiger partial charge in [-0.15, -0.1) is 11.3 Å². The van der Waals surface area contributed by atoms with E-state index in [1.54, 1.807) is 11.4 Å². The maximum Gasteiger partial charge on any atom is 0.271 e. The molecule has 1 aromatic heterocycles. The molecule has 2 heterocycles. The molecule has 1 aliphatic carbocycles. The molecule has 2 aromatic rings. The smallest absolute Gasteiger partial charge is 0.271 e. The van der Waals surface area contributed by atoms with Crippen molar-refractivity contribution in [2.75, 3.05) is 13.1 Å². The minimum Gasteiger partial charge on any atom is -0.373 e. The van der Waals surface area contributed by atoms with Crippen LogP contribution in [0.15, 0.2) is 29.6 Å². The number of benzene rings is 1. The number of halogens is 2. The first-order valence-corrected chi connectivity index (χ1v) is 13.2. The van der Waals surface area contributed by atoms with Gasteiger partial charge in [0.2, 0.25) is 5.91 Å². The van der Waals surface area contributed by atoms with Crippen LogP contribution in [0.3, 0.4) is 0 Å². The standard InChI is InChI=1S/C25H27F2N5O2S2/c26-25(27)11-19(12-28)32(15-25)22(33)13-29-23(34)20-14-36-21(31-20)10-16-6-8-17(9-7-16)24(35)30-18-4-2-1-3-5-18/h6-9,14,18-19H,1-5,10-11,13,15H2,(H,29,34)(H,30,35)/t19-/m0/s1. The van der Waals surface area contributed by atoms with Crippen molar-refractivity contribution in [3.63, 3.8) is 0 Å². The lowest BCUT2D eigenvalue weighted by molar-refractivity contribution is -0.131. The number of nitriles is 1. The summed E-state index contributed by atoms with van der Waals surface area (Å²) in [5.74, 6) is -4.39. The number of thiazole rings is 1. The summed E-state index contributed by atoms with van der Waals surface area (Å²) in [5, 5.41) is 17.2. The number of aromatic nitrogens is 1. The molecular formula is C25H27F2N5O2S2. The molecule has 1 saturated heterocycles. The first-order valence-electron chi connectivity index (χ1n) is 11.9. The van der Waals surface area contributed by atoms with Gasteiger partial charge >= 0.3 is 0 Å². The average Bonchev–Trinajstić information content (AvgIpc) is 3.46. The molecule has 0 radical (unpaired) electrons. The fourth-order valence-electron chi connectivity index (χ4n) is 4.50. The number of hydrogen-bond donors (Lipinski definition) is 2. The SMILES string of the molecule is N#C[C@@H]1CC(F)(F)CN1C(=O)CNC(=O)c1csc(Cc2ccc(C(=S)NC3CCCCC3)cc2)n1. The van der Waals surface area contributed by atoms with Crippen LogP contribution in [0.5, 0.6) is 0 Å². The van der Waals surface area contributed by atoms with Crippen molar-refractivity contribution in [2.24, 2.45) is 0 Å². The molecular weight excluding hydrogens is 504 g/mol. The summed E-state index contributed by atoms with van der Waals surface area (Å²) in [7, 11) is 0. The summed E-state index contributed by atoms with van der Waals surface area (Å²) in [6.07, 6.45) is 5.92. The van der Waals surface area contributed by atoms with Crippen LogP contribution in [-0.4, -0.2) is 57.8 Å². The zero-order valence-corrected chi connectivity index (χ0v) is 21.3. The first kappa shape index (κ1) is 26.1. The molecule has 7 nitrogen and oxygen atoms in total. The lowest BCUT2D eigenvalue weighted by Gasteiger charge is -2.24. The fourth-order valence-corrected chi connectivity index (χ4v) is 5.61. The van der Waals surface area contributed by atoms with Gasteiger partial charge < -0.3 is 15.5 Å². The summed E-state index contributed by atoms with van der Waals surface area (Å²) < 4.78 is 27.1. The van der Waals surface area contributed by atoms with Crippen LogP contribution in [0.4, 0.5) is 8.78 Å². The number of carbonyl (C=O) groups is 2. The van der Waals surface area contributed by atoms with Crippen LogP contribution in [0, 0.1) is 11.3 Å². The van der Waals surface area contributed by atoms with Crippen molar-refractivity contribution in [1.82, 2.24) is 20.5 Å². The molecule has 36 heavy (non-hydrogen) atoms. The molecule has 1 saturated carbocycles. The van der Waals surface area contributed by atoms with Crippen molar-refractivity contribution in [2.45, 2.75) is 63.0 Å². The summed E-state index contributed by atoms with van der Waals surface area (Å²) in [6, 6.07) is 8.91. The van der Waals surface area contributed by atoms with Crippen LogP contribution < -0.4 is 10.6 Å². The first-order chi connectivity index (χ1) is 17.2. The third kappa shape index (κ3) is 6.62. The average molecular weight is 532 g/mol. The predicted molar refractivity (Wildman–Crippen MR) is 136 cm³/mol. The van der Waals surface area contributed by atoms with E-state index in [4.69, 9.17) is 17.5 Å². The summed E-state index contributed by atoms with van der Waals surface area (Å²) in [4.78, 5) is 30.6. The number of rotatable bonds is 7. The summed E-state index contributed by atoms with van der Waals surface area (Å²) in [5.41, 5.74) is 2.15. The van der Waals surface area contributed by atoms with E-state index >= 15 is 0 Å². The Balaban J connectivity index is 1.27. The zero-order chi connectivity index (χ0) is 25.7. The number of alkyl halides is 2. The zero-order valence-electron chi connectivity index (χ0n) is 19.6. The van der Waals surface area contributed by atoms with E-state index in [-0.39, 0.29) is 5.69 Å². The quantitative estimate of drug-likeness (QED) is 0.527. The van der Waals surface area contributed by atoms with E-state index in [1.807, 2.05) is 24.3 Å². The van der Waals surface area contributed by atoms with Crippen LogP contribution in [0.25, 0.3) is 0 Å². The highest BCUT2D eigenvalue weighted by atomic mass is 32.1. The monoisotopic (exact) mass is 531 g/mol. The highest BCUT2D eigenvalue weighted by molar-refractivity contribution is 7.80.